The van der Waals surface area contributed by atoms with Crippen LogP contribution in [-0.2, 0) is 0 Å². The molecule has 1 aromatic rings. The Kier molecular flexibility index (Phi) is 3.84. The molecule has 0 saturated heterocycles. The highest BCUT2D eigenvalue weighted by Crippen LogP contribution is 2.30. The third kappa shape index (κ3) is 3.22. The highest BCUT2D eigenvalue weighted by molar-refractivity contribution is 5.91. The Balaban J connectivity index is 2.04. The average Bonchev–Trinajstić information content (AvgIpc) is 2.27. The molecule has 2 atom stereocenters. The fourth-order valence-electron chi connectivity index (χ4n) is 2.96. The zero-order valence-corrected chi connectivity index (χ0v) is 11.0. The number of nitrogens with one attached hydrogen (secondary N) is 1. The third-order valence-corrected chi connectivity index (χ3v) is 3.56. The van der Waals surface area contributed by atoms with E-state index in [0.717, 1.165) is 17.5 Å². The molecule has 2 unspecified atom stereocenters. The highest BCUT2D eigenvalue weighted by Gasteiger charge is 2.23. The summed E-state index contributed by atoms with van der Waals surface area (Å²) >= 11 is 0. The fourth-order valence-corrected chi connectivity index (χ4v) is 2.96. The third-order valence-electron chi connectivity index (χ3n) is 3.56. The van der Waals surface area contributed by atoms with Crippen molar-refractivity contribution >= 4 is 11.6 Å². The van der Waals surface area contributed by atoms with E-state index in [-0.39, 0.29) is 0 Å². The number of primary amides is 1. The first-order valence-electron chi connectivity index (χ1n) is 6.57. The first kappa shape index (κ1) is 12.9. The molecule has 98 valence electrons. The summed E-state index contributed by atoms with van der Waals surface area (Å²) in [5.41, 5.74) is 6.48. The number of anilines is 1. The van der Waals surface area contributed by atoms with Crippen molar-refractivity contribution < 1.29 is 4.79 Å². The van der Waals surface area contributed by atoms with Gasteiger partial charge in [0.15, 0.2) is 0 Å². The van der Waals surface area contributed by atoms with Gasteiger partial charge in [0.1, 0.15) is 5.69 Å². The zero-order valence-electron chi connectivity index (χ0n) is 11.0. The van der Waals surface area contributed by atoms with Crippen LogP contribution in [0.3, 0.4) is 0 Å². The van der Waals surface area contributed by atoms with Crippen LogP contribution in [0.1, 0.15) is 43.6 Å². The van der Waals surface area contributed by atoms with Gasteiger partial charge >= 0.3 is 0 Å². The van der Waals surface area contributed by atoms with Crippen LogP contribution in [0.2, 0.25) is 0 Å². The van der Waals surface area contributed by atoms with Crippen molar-refractivity contribution in [3.8, 4) is 0 Å². The molecule has 18 heavy (non-hydrogen) atoms. The van der Waals surface area contributed by atoms with Crippen LogP contribution >= 0.6 is 0 Å². The maximum atomic E-state index is 11.1. The molecule has 0 bridgehead atoms. The van der Waals surface area contributed by atoms with E-state index >= 15 is 0 Å². The zero-order chi connectivity index (χ0) is 13.1. The Labute approximate surface area is 108 Å². The van der Waals surface area contributed by atoms with Gasteiger partial charge in [-0.15, -0.1) is 0 Å². The van der Waals surface area contributed by atoms with Crippen LogP contribution in [-0.4, -0.2) is 16.9 Å². The quantitative estimate of drug-likeness (QED) is 0.862. The number of hydrogen-bond donors (Lipinski definition) is 2. The maximum absolute atomic E-state index is 11.1. The summed E-state index contributed by atoms with van der Waals surface area (Å²) in [4.78, 5) is 15.0. The predicted molar refractivity (Wildman–Crippen MR) is 72.3 cm³/mol. The average molecular weight is 247 g/mol. The maximum Gasteiger partial charge on any atom is 0.267 e. The topological polar surface area (TPSA) is 68.0 Å². The molecule has 4 nitrogen and oxygen atoms in total. The number of nitrogens with two attached hydrogens (primary N) is 1. The standard InChI is InChI=1S/C14H21N3O/c1-9-5-10(2)7-12(6-9)17-11-3-4-16-13(8-11)14(15)18/h3-4,8-10,12H,5-7H2,1-2H3,(H2,15,18)(H,16,17). The summed E-state index contributed by atoms with van der Waals surface area (Å²) in [6, 6.07) is 4.09. The summed E-state index contributed by atoms with van der Waals surface area (Å²) in [7, 11) is 0. The SMILES string of the molecule is CC1CC(C)CC(Nc2ccnc(C(N)=O)c2)C1. The molecular formula is C14H21N3O. The number of carbonyl (C=O) groups excluding carboxylic acids is 1. The van der Waals surface area contributed by atoms with Gasteiger partial charge in [-0.05, 0) is 43.2 Å². The normalized spacial score (nSPS) is 27.8. The van der Waals surface area contributed by atoms with E-state index in [1.54, 1.807) is 12.3 Å². The molecule has 3 N–H and O–H groups in total. The van der Waals surface area contributed by atoms with Gasteiger partial charge in [0.2, 0.25) is 0 Å². The van der Waals surface area contributed by atoms with Gasteiger partial charge in [-0.1, -0.05) is 13.8 Å². The van der Waals surface area contributed by atoms with E-state index in [1.807, 2.05) is 6.07 Å². The first-order valence-corrected chi connectivity index (χ1v) is 6.57. The van der Waals surface area contributed by atoms with E-state index < -0.39 is 5.91 Å². The van der Waals surface area contributed by atoms with Crippen molar-refractivity contribution in [2.24, 2.45) is 17.6 Å². The second kappa shape index (κ2) is 5.38. The summed E-state index contributed by atoms with van der Waals surface area (Å²) in [6.45, 7) is 4.59. The van der Waals surface area contributed by atoms with Crippen molar-refractivity contribution in [2.45, 2.75) is 39.2 Å². The van der Waals surface area contributed by atoms with Gasteiger partial charge in [-0.3, -0.25) is 9.78 Å². The molecule has 1 saturated carbocycles. The van der Waals surface area contributed by atoms with E-state index in [1.165, 1.54) is 19.3 Å². The molecule has 1 aliphatic rings. The largest absolute Gasteiger partial charge is 0.382 e. The molecule has 4 heteroatoms. The highest BCUT2D eigenvalue weighted by atomic mass is 16.1. The molecule has 1 aromatic heterocycles. The minimum absolute atomic E-state index is 0.317. The van der Waals surface area contributed by atoms with E-state index in [2.05, 4.69) is 24.1 Å². The Morgan fingerprint density at radius 2 is 2.00 bits per heavy atom. The van der Waals surface area contributed by atoms with Crippen LogP contribution in [0.25, 0.3) is 0 Å². The van der Waals surface area contributed by atoms with Crippen LogP contribution in [0.5, 0.6) is 0 Å². The lowest BCUT2D eigenvalue weighted by Crippen LogP contribution is -2.30. The van der Waals surface area contributed by atoms with Gasteiger partial charge in [-0.2, -0.15) is 0 Å². The van der Waals surface area contributed by atoms with E-state index in [9.17, 15) is 4.79 Å². The van der Waals surface area contributed by atoms with Gasteiger partial charge in [-0.25, -0.2) is 0 Å². The molecule has 0 radical (unpaired) electrons. The first-order chi connectivity index (χ1) is 8.54. The van der Waals surface area contributed by atoms with Crippen molar-refractivity contribution in [1.82, 2.24) is 4.98 Å². The van der Waals surface area contributed by atoms with Crippen LogP contribution < -0.4 is 11.1 Å². The monoisotopic (exact) mass is 247 g/mol. The van der Waals surface area contributed by atoms with Gasteiger partial charge in [0, 0.05) is 17.9 Å². The lowest BCUT2D eigenvalue weighted by Gasteiger charge is -2.32. The molecule has 2 rings (SSSR count). The van der Waals surface area contributed by atoms with Crippen molar-refractivity contribution in [3.63, 3.8) is 0 Å². The second-order valence-electron chi connectivity index (χ2n) is 5.55. The Morgan fingerprint density at radius 3 is 2.61 bits per heavy atom. The molecular weight excluding hydrogens is 226 g/mol. The number of rotatable bonds is 3. The smallest absolute Gasteiger partial charge is 0.267 e. The van der Waals surface area contributed by atoms with Gasteiger partial charge in [0.25, 0.3) is 5.91 Å². The van der Waals surface area contributed by atoms with Crippen LogP contribution in [0.4, 0.5) is 5.69 Å². The van der Waals surface area contributed by atoms with Crippen molar-refractivity contribution in [2.75, 3.05) is 5.32 Å². The predicted octanol–water partition coefficient (Wildman–Crippen LogP) is 2.42. The minimum Gasteiger partial charge on any atom is -0.382 e. The van der Waals surface area contributed by atoms with E-state index in [0.29, 0.717) is 11.7 Å². The summed E-state index contributed by atoms with van der Waals surface area (Å²) < 4.78 is 0. The minimum atomic E-state index is -0.482. The number of nitrogens with zero attached hydrogens (tertiary/aromatic N) is 1. The number of hydrogen-bond acceptors (Lipinski definition) is 3. The summed E-state index contributed by atoms with van der Waals surface area (Å²) in [6.07, 6.45) is 5.29. The number of amides is 1. The molecule has 1 heterocycles. The second-order valence-corrected chi connectivity index (χ2v) is 5.55. The van der Waals surface area contributed by atoms with Crippen LogP contribution in [0, 0.1) is 11.8 Å². The lowest BCUT2D eigenvalue weighted by atomic mass is 9.80. The molecule has 1 aliphatic carbocycles. The van der Waals surface area contributed by atoms with Crippen molar-refractivity contribution in [1.29, 1.82) is 0 Å². The van der Waals surface area contributed by atoms with Gasteiger partial charge in [0.05, 0.1) is 0 Å². The van der Waals surface area contributed by atoms with Gasteiger partial charge < -0.3 is 11.1 Å². The lowest BCUT2D eigenvalue weighted by molar-refractivity contribution is 0.0995. The number of carbonyl (C=O) groups is 1. The fraction of sp³-hybridized carbons (Fsp3) is 0.571. The molecule has 0 aromatic carbocycles. The Bertz CT molecular complexity index is 423. The molecule has 1 fully saturated rings. The summed E-state index contributed by atoms with van der Waals surface area (Å²) in [5.74, 6) is 1.02. The molecule has 1 amide bonds. The molecule has 0 aliphatic heterocycles. The Morgan fingerprint density at radius 1 is 1.33 bits per heavy atom. The van der Waals surface area contributed by atoms with Crippen molar-refractivity contribution in [3.05, 3.63) is 24.0 Å². The number of pyridine rings is 1. The summed E-state index contributed by atoms with van der Waals surface area (Å²) in [5, 5.41) is 3.49. The molecule has 0 spiro atoms. The van der Waals surface area contributed by atoms with E-state index in [4.69, 9.17) is 5.73 Å². The Hall–Kier alpha value is -1.58. The number of aromatic nitrogens is 1. The van der Waals surface area contributed by atoms with Crippen LogP contribution in [0.15, 0.2) is 18.3 Å².